The van der Waals surface area contributed by atoms with Gasteiger partial charge in [-0.2, -0.15) is 5.26 Å². The van der Waals surface area contributed by atoms with E-state index in [4.69, 9.17) is 11.6 Å². The molecule has 3 rings (SSSR count). The van der Waals surface area contributed by atoms with Crippen LogP contribution in [0.3, 0.4) is 0 Å². The monoisotopic (exact) mass is 415 g/mol. The normalized spacial score (nSPS) is 10.9. The van der Waals surface area contributed by atoms with Crippen LogP contribution in [0.2, 0.25) is 5.02 Å². The molecule has 0 unspecified atom stereocenters. The van der Waals surface area contributed by atoms with Crippen molar-refractivity contribution in [2.24, 2.45) is 0 Å². The highest BCUT2D eigenvalue weighted by Gasteiger charge is 2.14. The Hall–Kier alpha value is -3.55. The van der Waals surface area contributed by atoms with E-state index in [0.29, 0.717) is 23.8 Å². The van der Waals surface area contributed by atoms with Crippen LogP contribution in [0.25, 0.3) is 0 Å². The van der Waals surface area contributed by atoms with E-state index in [-0.39, 0.29) is 5.57 Å². The van der Waals surface area contributed by atoms with Crippen LogP contribution >= 0.6 is 11.6 Å². The molecule has 4 nitrogen and oxygen atoms in total. The minimum atomic E-state index is -0.464. The van der Waals surface area contributed by atoms with Crippen LogP contribution in [0, 0.1) is 18.3 Å². The zero-order valence-electron chi connectivity index (χ0n) is 16.7. The van der Waals surface area contributed by atoms with Gasteiger partial charge < -0.3 is 10.2 Å². The molecule has 0 aliphatic carbocycles. The molecule has 150 valence electrons. The third kappa shape index (κ3) is 5.73. The van der Waals surface area contributed by atoms with Gasteiger partial charge >= 0.3 is 0 Å². The van der Waals surface area contributed by atoms with Gasteiger partial charge in [0.05, 0.1) is 0 Å². The molecular weight excluding hydrogens is 394 g/mol. The number of carbonyl (C=O) groups is 1. The number of nitriles is 1. The van der Waals surface area contributed by atoms with Gasteiger partial charge in [-0.1, -0.05) is 78.3 Å². The number of carbonyl (C=O) groups excluding carboxylic acids is 1. The highest BCUT2D eigenvalue weighted by Crippen LogP contribution is 2.23. The number of hydrogen-bond acceptors (Lipinski definition) is 3. The maximum atomic E-state index is 12.8. The molecule has 0 aromatic heterocycles. The summed E-state index contributed by atoms with van der Waals surface area (Å²) >= 11 is 6.14. The van der Waals surface area contributed by atoms with Crippen molar-refractivity contribution in [3.8, 4) is 6.07 Å². The van der Waals surface area contributed by atoms with E-state index in [9.17, 15) is 10.1 Å². The molecule has 0 saturated carbocycles. The molecule has 0 bridgehead atoms. The summed E-state index contributed by atoms with van der Waals surface area (Å²) in [6, 6.07) is 27.2. The summed E-state index contributed by atoms with van der Waals surface area (Å²) in [4.78, 5) is 14.7. The lowest BCUT2D eigenvalue weighted by atomic mass is 10.1. The fourth-order valence-electron chi connectivity index (χ4n) is 3.04. The third-order valence-electron chi connectivity index (χ3n) is 4.65. The minimum Gasteiger partial charge on any atom is -0.367 e. The summed E-state index contributed by atoms with van der Waals surface area (Å²) < 4.78 is 0. The first kappa shape index (κ1) is 21.2. The van der Waals surface area contributed by atoms with Crippen molar-refractivity contribution in [2.75, 3.05) is 5.32 Å². The fraction of sp³-hybridized carbons (Fsp3) is 0.120. The zero-order valence-corrected chi connectivity index (χ0v) is 17.4. The lowest BCUT2D eigenvalue weighted by Crippen LogP contribution is -2.21. The lowest BCUT2D eigenvalue weighted by molar-refractivity contribution is -0.112. The Morgan fingerprint density at radius 3 is 2.07 bits per heavy atom. The molecular formula is C25H22ClN3O. The average molecular weight is 416 g/mol. The molecule has 0 spiro atoms. The van der Waals surface area contributed by atoms with E-state index in [1.165, 1.54) is 0 Å². The van der Waals surface area contributed by atoms with Gasteiger partial charge in [-0.05, 0) is 35.7 Å². The molecule has 0 aliphatic rings. The van der Waals surface area contributed by atoms with E-state index >= 15 is 0 Å². The second-order valence-corrected chi connectivity index (χ2v) is 7.30. The zero-order chi connectivity index (χ0) is 21.3. The number of amides is 1. The molecule has 5 heteroatoms. The van der Waals surface area contributed by atoms with Crippen molar-refractivity contribution in [1.29, 1.82) is 5.26 Å². The maximum Gasteiger partial charge on any atom is 0.267 e. The van der Waals surface area contributed by atoms with Crippen LogP contribution in [0.4, 0.5) is 5.69 Å². The molecule has 1 amide bonds. The second-order valence-electron chi connectivity index (χ2n) is 6.90. The molecule has 0 atom stereocenters. The summed E-state index contributed by atoms with van der Waals surface area (Å²) in [5.74, 6) is -0.464. The van der Waals surface area contributed by atoms with E-state index in [0.717, 1.165) is 16.7 Å². The highest BCUT2D eigenvalue weighted by atomic mass is 35.5. The number of nitrogens with zero attached hydrogens (tertiary/aromatic N) is 2. The van der Waals surface area contributed by atoms with Gasteiger partial charge in [-0.25, -0.2) is 0 Å². The molecule has 0 heterocycles. The van der Waals surface area contributed by atoms with Crippen LogP contribution in [0.1, 0.15) is 16.7 Å². The number of halogens is 1. The molecule has 0 fully saturated rings. The Bertz CT molecular complexity index is 1030. The van der Waals surface area contributed by atoms with Crippen LogP contribution in [0.5, 0.6) is 0 Å². The maximum absolute atomic E-state index is 12.8. The van der Waals surface area contributed by atoms with Gasteiger partial charge in [-0.15, -0.1) is 0 Å². The van der Waals surface area contributed by atoms with E-state index in [1.807, 2.05) is 78.6 Å². The van der Waals surface area contributed by atoms with Crippen molar-refractivity contribution < 1.29 is 4.79 Å². The summed E-state index contributed by atoms with van der Waals surface area (Å²) in [5.41, 5.74) is 3.56. The van der Waals surface area contributed by atoms with Gasteiger partial charge in [0, 0.05) is 30.0 Å². The number of anilines is 1. The van der Waals surface area contributed by atoms with Gasteiger partial charge in [0.15, 0.2) is 0 Å². The van der Waals surface area contributed by atoms with Gasteiger partial charge in [0.1, 0.15) is 11.6 Å². The summed E-state index contributed by atoms with van der Waals surface area (Å²) in [6.45, 7) is 2.97. The first-order valence-electron chi connectivity index (χ1n) is 9.57. The smallest absolute Gasteiger partial charge is 0.267 e. The molecule has 3 aromatic rings. The number of hydrogen-bond donors (Lipinski definition) is 1. The largest absolute Gasteiger partial charge is 0.367 e. The van der Waals surface area contributed by atoms with E-state index in [1.54, 1.807) is 24.4 Å². The summed E-state index contributed by atoms with van der Waals surface area (Å²) in [7, 11) is 0. The average Bonchev–Trinajstić information content (AvgIpc) is 2.76. The summed E-state index contributed by atoms with van der Waals surface area (Å²) in [5, 5.41) is 13.0. The quantitative estimate of drug-likeness (QED) is 0.398. The van der Waals surface area contributed by atoms with Crippen LogP contribution in [-0.2, 0) is 17.9 Å². The predicted molar refractivity (Wildman–Crippen MR) is 121 cm³/mol. The number of nitrogens with one attached hydrogen (secondary N) is 1. The minimum absolute atomic E-state index is 0.0289. The SMILES string of the molecule is Cc1c(Cl)cccc1NC(=O)/C(C#N)=C\N(Cc1ccccc1)Cc1ccccc1. The van der Waals surface area contributed by atoms with Crippen molar-refractivity contribution >= 4 is 23.2 Å². The molecule has 3 aromatic carbocycles. The third-order valence-corrected chi connectivity index (χ3v) is 5.06. The van der Waals surface area contributed by atoms with Crippen LogP contribution in [0.15, 0.2) is 90.6 Å². The summed E-state index contributed by atoms with van der Waals surface area (Å²) in [6.07, 6.45) is 1.62. The van der Waals surface area contributed by atoms with E-state index in [2.05, 4.69) is 5.32 Å². The van der Waals surface area contributed by atoms with Gasteiger partial charge in [0.25, 0.3) is 5.91 Å². The Balaban J connectivity index is 1.85. The molecule has 1 N–H and O–H groups in total. The topological polar surface area (TPSA) is 56.1 Å². The number of rotatable bonds is 7. The lowest BCUT2D eigenvalue weighted by Gasteiger charge is -2.21. The Morgan fingerprint density at radius 1 is 0.967 bits per heavy atom. The van der Waals surface area contributed by atoms with Crippen LogP contribution in [-0.4, -0.2) is 10.8 Å². The highest BCUT2D eigenvalue weighted by molar-refractivity contribution is 6.31. The first-order valence-corrected chi connectivity index (χ1v) is 9.95. The molecule has 0 saturated heterocycles. The molecule has 0 radical (unpaired) electrons. The molecule has 30 heavy (non-hydrogen) atoms. The fourth-order valence-corrected chi connectivity index (χ4v) is 3.21. The molecule has 0 aliphatic heterocycles. The van der Waals surface area contributed by atoms with Crippen molar-refractivity contribution in [3.63, 3.8) is 0 Å². The second kappa shape index (κ2) is 10.3. The standard InChI is InChI=1S/C25H22ClN3O/c1-19-23(26)13-8-14-24(19)28-25(30)22(15-27)18-29(16-20-9-4-2-5-10-20)17-21-11-6-3-7-12-21/h2-14,18H,16-17H2,1H3,(H,28,30)/b22-18-. The van der Waals surface area contributed by atoms with Gasteiger partial charge in [-0.3, -0.25) is 4.79 Å². The first-order chi connectivity index (χ1) is 14.6. The van der Waals surface area contributed by atoms with Crippen molar-refractivity contribution in [3.05, 3.63) is 112 Å². The Morgan fingerprint density at radius 2 is 1.53 bits per heavy atom. The van der Waals surface area contributed by atoms with Gasteiger partial charge in [0.2, 0.25) is 0 Å². The van der Waals surface area contributed by atoms with E-state index < -0.39 is 5.91 Å². The Labute approximate surface area is 182 Å². The van der Waals surface area contributed by atoms with Crippen LogP contribution < -0.4 is 5.32 Å². The van der Waals surface area contributed by atoms with Crippen molar-refractivity contribution in [1.82, 2.24) is 4.90 Å². The predicted octanol–water partition coefficient (Wildman–Crippen LogP) is 5.70. The van der Waals surface area contributed by atoms with Crippen molar-refractivity contribution in [2.45, 2.75) is 20.0 Å². The number of benzene rings is 3. The Kier molecular flexibility index (Phi) is 7.26.